The van der Waals surface area contributed by atoms with Gasteiger partial charge in [0.15, 0.2) is 5.16 Å². The lowest BCUT2D eigenvalue weighted by Gasteiger charge is -2.10. The molecule has 3 aromatic carbocycles. The van der Waals surface area contributed by atoms with Crippen molar-refractivity contribution >= 4 is 17.7 Å². The molecule has 0 fully saturated rings. The molecule has 1 N–H and O–H groups in total. The minimum Gasteiger partial charge on any atom is -0.352 e. The monoisotopic (exact) mass is 488 g/mol. The van der Waals surface area contributed by atoms with Gasteiger partial charge in [-0.15, -0.1) is 10.2 Å². The summed E-state index contributed by atoms with van der Waals surface area (Å²) in [5.41, 5.74) is 4.42. The molecular formula is C28H29FN4OS. The van der Waals surface area contributed by atoms with Crippen molar-refractivity contribution in [3.8, 4) is 5.69 Å². The molecule has 0 aliphatic carbocycles. The number of hydrogen-bond acceptors (Lipinski definition) is 4. The molecule has 0 spiro atoms. The number of carbonyl (C=O) groups is 1. The first-order valence-corrected chi connectivity index (χ1v) is 12.8. The zero-order chi connectivity index (χ0) is 24.5. The topological polar surface area (TPSA) is 59.8 Å². The van der Waals surface area contributed by atoms with Crippen molar-refractivity contribution in [2.75, 3.05) is 0 Å². The maximum Gasteiger partial charge on any atom is 0.220 e. The van der Waals surface area contributed by atoms with Crippen LogP contribution >= 0.6 is 11.8 Å². The molecule has 0 aliphatic rings. The van der Waals surface area contributed by atoms with Crippen LogP contribution in [0.5, 0.6) is 0 Å². The molecule has 1 amide bonds. The average Bonchev–Trinajstić information content (AvgIpc) is 3.28. The van der Waals surface area contributed by atoms with Gasteiger partial charge < -0.3 is 5.32 Å². The van der Waals surface area contributed by atoms with Gasteiger partial charge in [0.2, 0.25) is 5.91 Å². The Balaban J connectivity index is 1.33. The quantitative estimate of drug-likeness (QED) is 0.207. The van der Waals surface area contributed by atoms with Crippen LogP contribution in [-0.2, 0) is 23.5 Å². The fraction of sp³-hybridized carbons (Fsp3) is 0.250. The van der Waals surface area contributed by atoms with Crippen molar-refractivity contribution < 1.29 is 9.18 Å². The number of para-hydroxylation sites is 1. The van der Waals surface area contributed by atoms with E-state index in [1.807, 2.05) is 18.2 Å². The molecule has 7 heteroatoms. The Morgan fingerprint density at radius 1 is 0.943 bits per heavy atom. The third-order valence-corrected chi connectivity index (χ3v) is 6.62. The van der Waals surface area contributed by atoms with Gasteiger partial charge in [0.25, 0.3) is 0 Å². The van der Waals surface area contributed by atoms with Crippen LogP contribution < -0.4 is 5.32 Å². The van der Waals surface area contributed by atoms with Crippen LogP contribution in [0.15, 0.2) is 84.0 Å². The Morgan fingerprint density at radius 2 is 1.74 bits per heavy atom. The van der Waals surface area contributed by atoms with Gasteiger partial charge in [-0.1, -0.05) is 71.9 Å². The first kappa shape index (κ1) is 24.7. The van der Waals surface area contributed by atoms with Gasteiger partial charge in [-0.3, -0.25) is 9.36 Å². The van der Waals surface area contributed by atoms with Crippen LogP contribution in [0.25, 0.3) is 5.69 Å². The van der Waals surface area contributed by atoms with E-state index in [0.717, 1.165) is 47.2 Å². The Hall–Kier alpha value is -3.45. The van der Waals surface area contributed by atoms with Crippen LogP contribution in [0.1, 0.15) is 41.8 Å². The summed E-state index contributed by atoms with van der Waals surface area (Å²) in [7, 11) is 0. The Morgan fingerprint density at radius 3 is 2.51 bits per heavy atom. The molecule has 4 rings (SSSR count). The number of rotatable bonds is 11. The molecule has 5 nitrogen and oxygen atoms in total. The SMILES string of the molecule is Cc1cccc(CSc2nnc(CCCCC(=O)NCc3ccc(F)cc3)n2-c2ccccc2)c1. The summed E-state index contributed by atoms with van der Waals surface area (Å²) in [6.07, 6.45) is 2.76. The molecule has 0 unspecified atom stereocenters. The van der Waals surface area contributed by atoms with Gasteiger partial charge in [-0.25, -0.2) is 4.39 Å². The number of nitrogens with zero attached hydrogens (tertiary/aromatic N) is 3. The number of halogens is 1. The fourth-order valence-electron chi connectivity index (χ4n) is 3.80. The Kier molecular flexibility index (Phi) is 8.68. The summed E-state index contributed by atoms with van der Waals surface area (Å²) >= 11 is 1.68. The zero-order valence-electron chi connectivity index (χ0n) is 19.8. The van der Waals surface area contributed by atoms with Crippen LogP contribution in [0.2, 0.25) is 0 Å². The van der Waals surface area contributed by atoms with Crippen molar-refractivity contribution in [1.29, 1.82) is 0 Å². The molecule has 1 aromatic heterocycles. The maximum atomic E-state index is 13.0. The summed E-state index contributed by atoms with van der Waals surface area (Å²) in [6, 6.07) is 24.8. The molecule has 180 valence electrons. The number of aromatic nitrogens is 3. The van der Waals surface area contributed by atoms with Gasteiger partial charge in [0.1, 0.15) is 11.6 Å². The highest BCUT2D eigenvalue weighted by Crippen LogP contribution is 2.26. The molecule has 0 saturated carbocycles. The summed E-state index contributed by atoms with van der Waals surface area (Å²) in [4.78, 5) is 12.2. The largest absolute Gasteiger partial charge is 0.352 e. The number of hydrogen-bond donors (Lipinski definition) is 1. The molecule has 1 heterocycles. The van der Waals surface area contributed by atoms with Crippen molar-refractivity contribution in [1.82, 2.24) is 20.1 Å². The van der Waals surface area contributed by atoms with Crippen LogP contribution in [0, 0.1) is 12.7 Å². The third-order valence-electron chi connectivity index (χ3n) is 5.62. The van der Waals surface area contributed by atoms with Crippen molar-refractivity contribution in [3.05, 3.63) is 107 Å². The van der Waals surface area contributed by atoms with E-state index in [4.69, 9.17) is 0 Å². The van der Waals surface area contributed by atoms with Gasteiger partial charge in [0.05, 0.1) is 0 Å². The minimum absolute atomic E-state index is 0.00625. The molecule has 4 aromatic rings. The van der Waals surface area contributed by atoms with Crippen molar-refractivity contribution in [3.63, 3.8) is 0 Å². The van der Waals surface area contributed by atoms with E-state index in [1.54, 1.807) is 23.9 Å². The van der Waals surface area contributed by atoms with E-state index in [9.17, 15) is 9.18 Å². The maximum absolute atomic E-state index is 13.0. The second-order valence-corrected chi connectivity index (χ2v) is 9.40. The smallest absolute Gasteiger partial charge is 0.220 e. The van der Waals surface area contributed by atoms with E-state index < -0.39 is 0 Å². The molecule has 0 radical (unpaired) electrons. The average molecular weight is 489 g/mol. The number of amides is 1. The van der Waals surface area contributed by atoms with Gasteiger partial charge in [-0.05, 0) is 55.2 Å². The summed E-state index contributed by atoms with van der Waals surface area (Å²) in [6.45, 7) is 2.50. The number of unbranched alkanes of at least 4 members (excludes halogenated alkanes) is 1. The summed E-state index contributed by atoms with van der Waals surface area (Å²) in [5.74, 6) is 1.43. The van der Waals surface area contributed by atoms with E-state index >= 15 is 0 Å². The first-order chi connectivity index (χ1) is 17.1. The highest BCUT2D eigenvalue weighted by Gasteiger charge is 2.15. The van der Waals surface area contributed by atoms with Gasteiger partial charge in [-0.2, -0.15) is 0 Å². The number of aryl methyl sites for hydroxylation is 2. The predicted octanol–water partition coefficient (Wildman–Crippen LogP) is 6.04. The molecular weight excluding hydrogens is 459 g/mol. The van der Waals surface area contributed by atoms with E-state index in [2.05, 4.69) is 63.4 Å². The predicted molar refractivity (Wildman–Crippen MR) is 138 cm³/mol. The van der Waals surface area contributed by atoms with Crippen LogP contribution in [0.3, 0.4) is 0 Å². The fourth-order valence-corrected chi connectivity index (χ4v) is 4.72. The van der Waals surface area contributed by atoms with E-state index in [-0.39, 0.29) is 11.7 Å². The minimum atomic E-state index is -0.278. The lowest BCUT2D eigenvalue weighted by Crippen LogP contribution is -2.22. The third kappa shape index (κ3) is 7.26. The van der Waals surface area contributed by atoms with Gasteiger partial charge >= 0.3 is 0 Å². The lowest BCUT2D eigenvalue weighted by atomic mass is 10.1. The standard InChI is InChI=1S/C28H29FN4OS/c1-21-8-7-9-23(18-21)20-35-28-32-31-26(33(28)25-10-3-2-4-11-25)12-5-6-13-27(34)30-19-22-14-16-24(29)17-15-22/h2-4,7-11,14-18H,5-6,12-13,19-20H2,1H3,(H,30,34). The number of thioether (sulfide) groups is 1. The van der Waals surface area contributed by atoms with Crippen LogP contribution in [0.4, 0.5) is 4.39 Å². The highest BCUT2D eigenvalue weighted by molar-refractivity contribution is 7.98. The van der Waals surface area contributed by atoms with Crippen molar-refractivity contribution in [2.24, 2.45) is 0 Å². The zero-order valence-corrected chi connectivity index (χ0v) is 20.6. The van der Waals surface area contributed by atoms with E-state index in [1.165, 1.54) is 23.3 Å². The molecule has 0 atom stereocenters. The van der Waals surface area contributed by atoms with Crippen LogP contribution in [-0.4, -0.2) is 20.7 Å². The van der Waals surface area contributed by atoms with Crippen molar-refractivity contribution in [2.45, 2.75) is 50.1 Å². The Bertz CT molecular complexity index is 1240. The van der Waals surface area contributed by atoms with Gasteiger partial charge in [0, 0.05) is 30.8 Å². The molecule has 35 heavy (non-hydrogen) atoms. The first-order valence-electron chi connectivity index (χ1n) is 11.8. The highest BCUT2D eigenvalue weighted by atomic mass is 32.2. The number of carbonyl (C=O) groups excluding carboxylic acids is 1. The molecule has 0 saturated heterocycles. The number of nitrogens with one attached hydrogen (secondary N) is 1. The normalized spacial score (nSPS) is 10.9. The molecule has 0 aliphatic heterocycles. The van der Waals surface area contributed by atoms with E-state index in [0.29, 0.717) is 13.0 Å². The number of benzene rings is 3. The second-order valence-electron chi connectivity index (χ2n) is 8.46. The lowest BCUT2D eigenvalue weighted by molar-refractivity contribution is -0.121. The molecule has 0 bridgehead atoms. The summed E-state index contributed by atoms with van der Waals surface area (Å²) in [5, 5.41) is 12.7. The Labute approximate surface area is 209 Å². The second kappa shape index (κ2) is 12.3. The summed E-state index contributed by atoms with van der Waals surface area (Å²) < 4.78 is 15.1.